The molecule has 0 saturated carbocycles. The van der Waals surface area contributed by atoms with E-state index in [-0.39, 0.29) is 6.42 Å². The second-order valence-electron chi connectivity index (χ2n) is 4.22. The molecule has 0 atom stereocenters. The van der Waals surface area contributed by atoms with Crippen molar-refractivity contribution in [1.82, 2.24) is 0 Å². The van der Waals surface area contributed by atoms with Crippen LogP contribution < -0.4 is 11.2 Å². The van der Waals surface area contributed by atoms with Crippen LogP contribution in [0.5, 0.6) is 0 Å². The van der Waals surface area contributed by atoms with Crippen molar-refractivity contribution >= 4 is 29.1 Å². The largest absolute Gasteiger partial charge is 0.399 e. The van der Waals surface area contributed by atoms with Crippen molar-refractivity contribution in [3.63, 3.8) is 0 Å². The van der Waals surface area contributed by atoms with E-state index in [2.05, 4.69) is 5.48 Å². The zero-order chi connectivity index (χ0) is 15.1. The minimum Gasteiger partial charge on any atom is -0.399 e. The maximum absolute atomic E-state index is 11.7. The molecule has 0 radical (unpaired) electrons. The first kappa shape index (κ1) is 14.8. The first-order chi connectivity index (χ1) is 10.2. The predicted octanol–water partition coefficient (Wildman–Crippen LogP) is 2.95. The number of rotatable bonds is 5. The molecule has 2 rings (SSSR count). The number of carbonyl (C=O) groups is 1. The molecule has 0 aromatic heterocycles. The maximum atomic E-state index is 11.7. The van der Waals surface area contributed by atoms with Gasteiger partial charge in [-0.05, 0) is 53.7 Å². The van der Waals surface area contributed by atoms with E-state index in [4.69, 9.17) is 15.8 Å². The van der Waals surface area contributed by atoms with E-state index in [1.54, 1.807) is 42.5 Å². The van der Waals surface area contributed by atoms with Crippen molar-refractivity contribution in [2.75, 3.05) is 11.2 Å². The molecule has 0 aliphatic heterocycles. The van der Waals surface area contributed by atoms with Crippen molar-refractivity contribution in [3.8, 4) is 5.40 Å². The molecule has 21 heavy (non-hydrogen) atoms. The van der Waals surface area contributed by atoms with Crippen molar-refractivity contribution in [2.45, 2.75) is 11.3 Å². The number of benzene rings is 2. The number of carbonyl (C=O) groups excluding carboxylic acids is 1. The number of thiocyanates is 1. The lowest BCUT2D eigenvalue weighted by molar-refractivity contribution is -0.139. The molecule has 0 heterocycles. The van der Waals surface area contributed by atoms with Crippen LogP contribution in [-0.4, -0.2) is 5.97 Å². The van der Waals surface area contributed by atoms with E-state index in [1.165, 1.54) is 0 Å². The molecule has 6 heteroatoms. The minimum atomic E-state index is -0.406. The molecule has 0 aliphatic carbocycles. The summed E-state index contributed by atoms with van der Waals surface area (Å²) in [6.07, 6.45) is 0.139. The summed E-state index contributed by atoms with van der Waals surface area (Å²) in [5, 5.41) is 10.5. The number of nitrogen functional groups attached to an aromatic ring is 1. The van der Waals surface area contributed by atoms with Crippen LogP contribution >= 0.6 is 11.8 Å². The summed E-state index contributed by atoms with van der Waals surface area (Å²) in [5.41, 5.74) is 10.3. The van der Waals surface area contributed by atoms with Gasteiger partial charge in [-0.15, -0.1) is 0 Å². The Bertz CT molecular complexity index is 665. The van der Waals surface area contributed by atoms with Gasteiger partial charge in [0.2, 0.25) is 0 Å². The Kier molecular flexibility index (Phi) is 5.07. The van der Waals surface area contributed by atoms with Crippen LogP contribution in [0.25, 0.3) is 0 Å². The molecular weight excluding hydrogens is 286 g/mol. The Morgan fingerprint density at radius 3 is 2.71 bits per heavy atom. The third kappa shape index (κ3) is 4.75. The fourth-order valence-electron chi connectivity index (χ4n) is 1.67. The molecule has 2 aromatic carbocycles. The van der Waals surface area contributed by atoms with Gasteiger partial charge in [-0.3, -0.25) is 0 Å². The summed E-state index contributed by atoms with van der Waals surface area (Å²) in [4.78, 5) is 17.5. The first-order valence-electron chi connectivity index (χ1n) is 6.13. The van der Waals surface area contributed by atoms with Gasteiger partial charge in [0, 0.05) is 10.6 Å². The summed E-state index contributed by atoms with van der Waals surface area (Å²) in [6, 6.07) is 14.1. The van der Waals surface area contributed by atoms with Crippen LogP contribution in [0.2, 0.25) is 0 Å². The Balaban J connectivity index is 1.85. The monoisotopic (exact) mass is 299 g/mol. The summed E-state index contributed by atoms with van der Waals surface area (Å²) in [5.74, 6) is -0.406. The van der Waals surface area contributed by atoms with E-state index in [0.29, 0.717) is 11.4 Å². The predicted molar refractivity (Wildman–Crippen MR) is 82.2 cm³/mol. The standard InChI is InChI=1S/C15H13N3O2S/c16-10-21-14-6-4-13(5-7-14)18-20-15(19)9-11-2-1-3-12(17)8-11/h1-8,18H,9,17H2. The number of nitrogens with zero attached hydrogens (tertiary/aromatic N) is 1. The number of thioether (sulfide) groups is 1. The molecular formula is C15H13N3O2S. The molecule has 3 N–H and O–H groups in total. The number of nitrogens with two attached hydrogens (primary N) is 1. The molecule has 0 fully saturated rings. The zero-order valence-electron chi connectivity index (χ0n) is 11.1. The summed E-state index contributed by atoms with van der Waals surface area (Å²) in [7, 11) is 0. The van der Waals surface area contributed by atoms with Gasteiger partial charge in [0.05, 0.1) is 12.1 Å². The highest BCUT2D eigenvalue weighted by molar-refractivity contribution is 8.03. The second-order valence-corrected chi connectivity index (χ2v) is 5.07. The van der Waals surface area contributed by atoms with Crippen LogP contribution in [0, 0.1) is 10.7 Å². The van der Waals surface area contributed by atoms with E-state index < -0.39 is 5.97 Å². The van der Waals surface area contributed by atoms with E-state index >= 15 is 0 Å². The zero-order valence-corrected chi connectivity index (χ0v) is 11.9. The highest BCUT2D eigenvalue weighted by atomic mass is 32.2. The minimum absolute atomic E-state index is 0.139. The fourth-order valence-corrected chi connectivity index (χ4v) is 2.04. The lowest BCUT2D eigenvalue weighted by atomic mass is 10.1. The molecule has 0 bridgehead atoms. The average Bonchev–Trinajstić information content (AvgIpc) is 2.47. The van der Waals surface area contributed by atoms with Crippen molar-refractivity contribution in [3.05, 3.63) is 54.1 Å². The van der Waals surface area contributed by atoms with Gasteiger partial charge < -0.3 is 10.6 Å². The Morgan fingerprint density at radius 1 is 1.29 bits per heavy atom. The van der Waals surface area contributed by atoms with Gasteiger partial charge in [-0.1, -0.05) is 12.1 Å². The van der Waals surface area contributed by atoms with Gasteiger partial charge in [-0.2, -0.15) is 5.26 Å². The fraction of sp³-hybridized carbons (Fsp3) is 0.0667. The van der Waals surface area contributed by atoms with Gasteiger partial charge in [0.15, 0.2) is 0 Å². The van der Waals surface area contributed by atoms with Crippen molar-refractivity contribution in [1.29, 1.82) is 5.26 Å². The van der Waals surface area contributed by atoms with Gasteiger partial charge in [-0.25, -0.2) is 10.3 Å². The lowest BCUT2D eigenvalue weighted by Gasteiger charge is -2.07. The van der Waals surface area contributed by atoms with Crippen LogP contribution in [0.1, 0.15) is 5.56 Å². The van der Waals surface area contributed by atoms with Crippen LogP contribution in [0.15, 0.2) is 53.4 Å². The number of nitrogens with one attached hydrogen (secondary N) is 1. The first-order valence-corrected chi connectivity index (χ1v) is 6.95. The normalized spacial score (nSPS) is 9.67. The quantitative estimate of drug-likeness (QED) is 0.382. The summed E-state index contributed by atoms with van der Waals surface area (Å²) < 4.78 is 0. The number of hydrogen-bond donors (Lipinski definition) is 2. The van der Waals surface area contributed by atoms with Crippen LogP contribution in [0.4, 0.5) is 11.4 Å². The second kappa shape index (κ2) is 7.22. The highest BCUT2D eigenvalue weighted by Gasteiger charge is 2.06. The average molecular weight is 299 g/mol. The van der Waals surface area contributed by atoms with Gasteiger partial charge >= 0.3 is 5.97 Å². The number of hydrogen-bond acceptors (Lipinski definition) is 6. The maximum Gasteiger partial charge on any atom is 0.336 e. The number of nitriles is 1. The smallest absolute Gasteiger partial charge is 0.336 e. The van der Waals surface area contributed by atoms with Crippen LogP contribution in [0.3, 0.4) is 0 Å². The third-order valence-electron chi connectivity index (χ3n) is 2.60. The summed E-state index contributed by atoms with van der Waals surface area (Å²) in [6.45, 7) is 0. The SMILES string of the molecule is N#CSc1ccc(NOC(=O)Cc2cccc(N)c2)cc1. The van der Waals surface area contributed by atoms with Crippen LogP contribution in [-0.2, 0) is 16.1 Å². The van der Waals surface area contributed by atoms with E-state index in [0.717, 1.165) is 22.2 Å². The number of anilines is 2. The van der Waals surface area contributed by atoms with Gasteiger partial charge in [0.25, 0.3) is 0 Å². The molecule has 0 saturated heterocycles. The molecule has 0 spiro atoms. The lowest BCUT2D eigenvalue weighted by Crippen LogP contribution is -2.13. The van der Waals surface area contributed by atoms with Gasteiger partial charge in [0.1, 0.15) is 5.40 Å². The van der Waals surface area contributed by atoms with Crippen molar-refractivity contribution in [2.24, 2.45) is 0 Å². The highest BCUT2D eigenvalue weighted by Crippen LogP contribution is 2.19. The molecule has 0 unspecified atom stereocenters. The molecule has 5 nitrogen and oxygen atoms in total. The molecule has 0 amide bonds. The molecule has 106 valence electrons. The van der Waals surface area contributed by atoms with E-state index in [1.807, 2.05) is 11.5 Å². The summed E-state index contributed by atoms with van der Waals surface area (Å²) >= 11 is 1.07. The molecule has 0 aliphatic rings. The van der Waals surface area contributed by atoms with Crippen molar-refractivity contribution < 1.29 is 9.63 Å². The van der Waals surface area contributed by atoms with E-state index in [9.17, 15) is 4.79 Å². The Hall–Kier alpha value is -2.65. The Labute approximate surface area is 126 Å². The Morgan fingerprint density at radius 2 is 2.05 bits per heavy atom. The molecule has 2 aromatic rings. The third-order valence-corrected chi connectivity index (χ3v) is 3.20. The topological polar surface area (TPSA) is 88.1 Å².